The van der Waals surface area contributed by atoms with Gasteiger partial charge in [0.1, 0.15) is 5.75 Å². The minimum absolute atomic E-state index is 0.0811. The number of ether oxygens (including phenoxy) is 1. The molecule has 1 aromatic rings. The number of rotatable bonds is 5. The van der Waals surface area contributed by atoms with E-state index in [1.807, 2.05) is 6.92 Å². The highest BCUT2D eigenvalue weighted by Gasteiger charge is 2.17. The average molecular weight is 243 g/mol. The molecule has 0 aromatic carbocycles. The van der Waals surface area contributed by atoms with Gasteiger partial charge in [0.15, 0.2) is 0 Å². The number of aromatic nitrogens is 1. The largest absolute Gasteiger partial charge is 0.494 e. The van der Waals surface area contributed by atoms with Crippen LogP contribution < -0.4 is 4.74 Å². The molecule has 4 nitrogen and oxygen atoms in total. The number of nitrogens with zero attached hydrogens (tertiary/aromatic N) is 2. The summed E-state index contributed by atoms with van der Waals surface area (Å²) < 4.78 is 5.10. The highest BCUT2D eigenvalue weighted by Crippen LogP contribution is 2.17. The number of carbonyl (C=O) groups excluding carboxylic acids is 1. The molecule has 0 saturated heterocycles. The summed E-state index contributed by atoms with van der Waals surface area (Å²) in [6.07, 6.45) is 3.10. The molecule has 0 N–H and O–H groups in total. The van der Waals surface area contributed by atoms with Crippen molar-refractivity contribution < 1.29 is 9.53 Å². The second-order valence-corrected chi connectivity index (χ2v) is 3.53. The predicted octanol–water partition coefficient (Wildman–Crippen LogP) is 1.79. The fraction of sp³-hybridized carbons (Fsp3) is 0.455. The van der Waals surface area contributed by atoms with Crippen LogP contribution in [-0.4, -0.2) is 41.9 Å². The third-order valence-electron chi connectivity index (χ3n) is 2.26. The Morgan fingerprint density at radius 2 is 2.38 bits per heavy atom. The van der Waals surface area contributed by atoms with E-state index in [1.54, 1.807) is 17.2 Å². The Kier molecular flexibility index (Phi) is 5.05. The van der Waals surface area contributed by atoms with Crippen molar-refractivity contribution in [2.45, 2.75) is 6.92 Å². The minimum atomic E-state index is -0.0811. The predicted molar refractivity (Wildman–Crippen MR) is 63.1 cm³/mol. The van der Waals surface area contributed by atoms with Crippen molar-refractivity contribution in [3.05, 3.63) is 24.0 Å². The maximum Gasteiger partial charge on any atom is 0.257 e. The van der Waals surface area contributed by atoms with Gasteiger partial charge >= 0.3 is 0 Å². The summed E-state index contributed by atoms with van der Waals surface area (Å²) in [4.78, 5) is 17.7. The fourth-order valence-corrected chi connectivity index (χ4v) is 1.60. The summed E-state index contributed by atoms with van der Waals surface area (Å²) in [6.45, 7) is 3.07. The molecule has 0 bridgehead atoms. The molecule has 0 aliphatic heterocycles. The maximum absolute atomic E-state index is 12.1. The van der Waals surface area contributed by atoms with Crippen molar-refractivity contribution in [1.82, 2.24) is 9.88 Å². The number of hydrogen-bond acceptors (Lipinski definition) is 3. The van der Waals surface area contributed by atoms with E-state index in [2.05, 4.69) is 4.98 Å². The molecule has 1 amide bonds. The van der Waals surface area contributed by atoms with Crippen molar-refractivity contribution in [2.75, 3.05) is 26.1 Å². The van der Waals surface area contributed by atoms with Crippen LogP contribution >= 0.6 is 11.6 Å². The highest BCUT2D eigenvalue weighted by atomic mass is 35.5. The Morgan fingerprint density at radius 3 is 2.94 bits per heavy atom. The number of methoxy groups -OCH3 is 1. The molecule has 0 saturated carbocycles. The maximum atomic E-state index is 12.1. The van der Waals surface area contributed by atoms with Gasteiger partial charge in [0.05, 0.1) is 18.9 Å². The normalized spacial score (nSPS) is 9.94. The fourth-order valence-electron chi connectivity index (χ4n) is 1.39. The van der Waals surface area contributed by atoms with Crippen LogP contribution in [0, 0.1) is 0 Å². The van der Waals surface area contributed by atoms with Crippen LogP contribution in [0.2, 0.25) is 0 Å². The van der Waals surface area contributed by atoms with Gasteiger partial charge in [-0.05, 0) is 13.0 Å². The van der Waals surface area contributed by atoms with Crippen LogP contribution in [0.15, 0.2) is 18.5 Å². The van der Waals surface area contributed by atoms with Crippen LogP contribution in [-0.2, 0) is 0 Å². The zero-order valence-electron chi connectivity index (χ0n) is 9.44. The molecule has 5 heteroatoms. The van der Waals surface area contributed by atoms with Gasteiger partial charge in [-0.25, -0.2) is 0 Å². The van der Waals surface area contributed by atoms with Crippen molar-refractivity contribution >= 4 is 17.5 Å². The number of halogens is 1. The van der Waals surface area contributed by atoms with E-state index in [4.69, 9.17) is 16.3 Å². The highest BCUT2D eigenvalue weighted by molar-refractivity contribution is 6.18. The minimum Gasteiger partial charge on any atom is -0.494 e. The van der Waals surface area contributed by atoms with E-state index in [0.29, 0.717) is 30.3 Å². The lowest BCUT2D eigenvalue weighted by molar-refractivity contribution is 0.0770. The van der Waals surface area contributed by atoms with E-state index in [0.717, 1.165) is 0 Å². The van der Waals surface area contributed by atoms with Crippen LogP contribution in [0.25, 0.3) is 0 Å². The molecule has 0 spiro atoms. The van der Waals surface area contributed by atoms with Crippen LogP contribution in [0.5, 0.6) is 5.75 Å². The summed E-state index contributed by atoms with van der Waals surface area (Å²) in [5.41, 5.74) is 0.518. The Bertz CT molecular complexity index is 358. The number of carbonyl (C=O) groups is 1. The van der Waals surface area contributed by atoms with Crippen LogP contribution in [0.3, 0.4) is 0 Å². The smallest absolute Gasteiger partial charge is 0.257 e. The van der Waals surface area contributed by atoms with E-state index >= 15 is 0 Å². The number of alkyl halides is 1. The summed E-state index contributed by atoms with van der Waals surface area (Å²) in [6, 6.07) is 1.65. The first-order valence-corrected chi connectivity index (χ1v) is 5.61. The van der Waals surface area contributed by atoms with Crippen molar-refractivity contribution in [3.63, 3.8) is 0 Å². The van der Waals surface area contributed by atoms with Gasteiger partial charge in [0, 0.05) is 25.2 Å². The summed E-state index contributed by atoms with van der Waals surface area (Å²) in [5, 5.41) is 0. The van der Waals surface area contributed by atoms with Crippen LogP contribution in [0.4, 0.5) is 0 Å². The number of hydrogen-bond donors (Lipinski definition) is 0. The summed E-state index contributed by atoms with van der Waals surface area (Å²) in [7, 11) is 1.52. The molecular formula is C11H15ClN2O2. The summed E-state index contributed by atoms with van der Waals surface area (Å²) >= 11 is 5.64. The first-order chi connectivity index (χ1) is 7.74. The standard InChI is InChI=1S/C11H15ClN2O2/c1-3-14(7-5-12)11(15)9-4-6-13-8-10(9)16-2/h4,6,8H,3,5,7H2,1-2H3. The SMILES string of the molecule is CCN(CCCl)C(=O)c1ccncc1OC. The molecule has 0 aliphatic rings. The third kappa shape index (κ3) is 2.85. The third-order valence-corrected chi connectivity index (χ3v) is 2.43. The molecule has 16 heavy (non-hydrogen) atoms. The van der Waals surface area contributed by atoms with Gasteiger partial charge in [-0.15, -0.1) is 11.6 Å². The van der Waals surface area contributed by atoms with E-state index in [9.17, 15) is 4.79 Å². The Labute approximate surface area is 100 Å². The van der Waals surface area contributed by atoms with Crippen molar-refractivity contribution in [2.24, 2.45) is 0 Å². The quantitative estimate of drug-likeness (QED) is 0.740. The molecule has 0 unspecified atom stereocenters. The monoisotopic (exact) mass is 242 g/mol. The Balaban J connectivity index is 2.93. The van der Waals surface area contributed by atoms with E-state index < -0.39 is 0 Å². The second-order valence-electron chi connectivity index (χ2n) is 3.15. The van der Waals surface area contributed by atoms with Crippen LogP contribution in [0.1, 0.15) is 17.3 Å². The lowest BCUT2D eigenvalue weighted by atomic mass is 10.2. The van der Waals surface area contributed by atoms with Gasteiger partial charge in [0.25, 0.3) is 5.91 Å². The molecule has 1 aromatic heterocycles. The Morgan fingerprint density at radius 1 is 1.62 bits per heavy atom. The number of amides is 1. The van der Waals surface area contributed by atoms with Gasteiger partial charge in [-0.1, -0.05) is 0 Å². The van der Waals surface area contributed by atoms with Crippen molar-refractivity contribution in [1.29, 1.82) is 0 Å². The molecule has 1 heterocycles. The molecule has 0 radical (unpaired) electrons. The summed E-state index contributed by atoms with van der Waals surface area (Å²) in [5.74, 6) is 0.829. The Hall–Kier alpha value is -1.29. The first kappa shape index (κ1) is 12.8. The molecule has 88 valence electrons. The van der Waals surface area contributed by atoms with Gasteiger partial charge < -0.3 is 9.64 Å². The molecular weight excluding hydrogens is 228 g/mol. The number of pyridine rings is 1. The second kappa shape index (κ2) is 6.33. The molecule has 0 aliphatic carbocycles. The molecule has 0 fully saturated rings. The lowest BCUT2D eigenvalue weighted by Crippen LogP contribution is -2.32. The average Bonchev–Trinajstić information content (AvgIpc) is 2.35. The van der Waals surface area contributed by atoms with E-state index in [-0.39, 0.29) is 5.91 Å². The zero-order valence-corrected chi connectivity index (χ0v) is 10.2. The van der Waals surface area contributed by atoms with Gasteiger partial charge in [-0.3, -0.25) is 9.78 Å². The van der Waals surface area contributed by atoms with Gasteiger partial charge in [-0.2, -0.15) is 0 Å². The van der Waals surface area contributed by atoms with Gasteiger partial charge in [0.2, 0.25) is 0 Å². The topological polar surface area (TPSA) is 42.4 Å². The van der Waals surface area contributed by atoms with E-state index in [1.165, 1.54) is 13.3 Å². The lowest BCUT2D eigenvalue weighted by Gasteiger charge is -2.20. The zero-order chi connectivity index (χ0) is 12.0. The molecule has 1 rings (SSSR count). The molecule has 0 atom stereocenters. The first-order valence-electron chi connectivity index (χ1n) is 5.07. The van der Waals surface area contributed by atoms with Crippen molar-refractivity contribution in [3.8, 4) is 5.75 Å².